The van der Waals surface area contributed by atoms with Crippen LogP contribution in [-0.2, 0) is 25.5 Å². The van der Waals surface area contributed by atoms with Gasteiger partial charge < -0.3 is 9.47 Å². The van der Waals surface area contributed by atoms with Gasteiger partial charge in [0.25, 0.3) is 0 Å². The molecule has 1 aromatic heterocycles. The number of benzene rings is 1. The monoisotopic (exact) mass is 399 g/mol. The van der Waals surface area contributed by atoms with E-state index < -0.39 is 12.3 Å². The predicted octanol–water partition coefficient (Wildman–Crippen LogP) is 5.16. The van der Waals surface area contributed by atoms with Crippen LogP contribution in [0.15, 0.2) is 54.7 Å². The van der Waals surface area contributed by atoms with Crippen LogP contribution in [-0.4, -0.2) is 23.2 Å². The second-order valence-corrected chi connectivity index (χ2v) is 7.65. The molecular formula is C24H33NO4. The van der Waals surface area contributed by atoms with Crippen LogP contribution in [0.1, 0.15) is 58.7 Å². The highest BCUT2D eigenvalue weighted by Crippen LogP contribution is 2.18. The summed E-state index contributed by atoms with van der Waals surface area (Å²) in [7, 11) is 0. The third-order valence-corrected chi connectivity index (χ3v) is 4.14. The van der Waals surface area contributed by atoms with Crippen molar-refractivity contribution in [1.29, 1.82) is 0 Å². The Bertz CT molecular complexity index is 729. The zero-order valence-corrected chi connectivity index (χ0v) is 18.3. The lowest BCUT2D eigenvalue weighted by molar-refractivity contribution is -0.196. The summed E-state index contributed by atoms with van der Waals surface area (Å²) < 4.78 is 9.85. The van der Waals surface area contributed by atoms with Crippen LogP contribution in [0.25, 0.3) is 0 Å². The summed E-state index contributed by atoms with van der Waals surface area (Å²) in [6.45, 7) is 10.6. The number of esters is 2. The van der Waals surface area contributed by atoms with Crippen molar-refractivity contribution in [2.75, 3.05) is 0 Å². The second kappa shape index (κ2) is 12.7. The molecule has 2 atom stereocenters. The molecule has 0 amide bonds. The molecule has 0 N–H and O–H groups in total. The number of hydrogen-bond acceptors (Lipinski definition) is 5. The Hall–Kier alpha value is -2.69. The fraction of sp³-hybridized carbons (Fsp3) is 0.458. The van der Waals surface area contributed by atoms with Crippen LogP contribution in [0, 0.1) is 11.8 Å². The van der Waals surface area contributed by atoms with Crippen molar-refractivity contribution in [3.63, 3.8) is 0 Å². The van der Waals surface area contributed by atoms with Gasteiger partial charge in [0, 0.05) is 24.7 Å². The van der Waals surface area contributed by atoms with Gasteiger partial charge in [-0.25, -0.2) is 0 Å². The zero-order valence-electron chi connectivity index (χ0n) is 18.3. The predicted molar refractivity (Wildman–Crippen MR) is 114 cm³/mol. The molecule has 158 valence electrons. The van der Waals surface area contributed by atoms with Gasteiger partial charge in [-0.3, -0.25) is 14.6 Å². The third-order valence-electron chi connectivity index (χ3n) is 4.14. The summed E-state index contributed by atoms with van der Waals surface area (Å²) in [6, 6.07) is 16.7. The fourth-order valence-corrected chi connectivity index (χ4v) is 2.44. The van der Waals surface area contributed by atoms with Crippen LogP contribution in [0.5, 0.6) is 0 Å². The molecule has 0 radical (unpaired) electrons. The van der Waals surface area contributed by atoms with Crippen LogP contribution < -0.4 is 0 Å². The highest BCUT2D eigenvalue weighted by atomic mass is 16.7. The van der Waals surface area contributed by atoms with Crippen LogP contribution in [0.3, 0.4) is 0 Å². The smallest absolute Gasteiger partial charge is 0.311 e. The number of pyridine rings is 1. The van der Waals surface area contributed by atoms with Crippen LogP contribution in [0.2, 0.25) is 0 Å². The van der Waals surface area contributed by atoms with Gasteiger partial charge in [-0.05, 0) is 30.0 Å². The average Bonchev–Trinajstić information content (AvgIpc) is 2.69. The van der Waals surface area contributed by atoms with E-state index in [0.717, 1.165) is 12.1 Å². The van der Waals surface area contributed by atoms with Gasteiger partial charge in [-0.1, -0.05) is 71.0 Å². The first-order chi connectivity index (χ1) is 13.7. The van der Waals surface area contributed by atoms with E-state index in [-0.39, 0.29) is 17.8 Å². The maximum Gasteiger partial charge on any atom is 0.311 e. The second-order valence-electron chi connectivity index (χ2n) is 7.65. The van der Waals surface area contributed by atoms with E-state index in [4.69, 9.17) is 9.47 Å². The molecule has 5 heteroatoms. The molecule has 2 unspecified atom stereocenters. The van der Waals surface area contributed by atoms with E-state index in [0.29, 0.717) is 5.92 Å². The number of hydrogen-bond donors (Lipinski definition) is 0. The molecule has 2 aromatic rings. The summed E-state index contributed by atoms with van der Waals surface area (Å²) in [4.78, 5) is 26.3. The summed E-state index contributed by atoms with van der Waals surface area (Å²) in [5.74, 6) is -0.528. The SMILES string of the molecule is CC(=O)OC(OC(=O)C(C)C)C(C)C.CC(Cc1ccccn1)c1ccccc1. The molecule has 0 fully saturated rings. The van der Waals surface area contributed by atoms with Crippen molar-refractivity contribution in [2.24, 2.45) is 11.8 Å². The Morgan fingerprint density at radius 3 is 2.00 bits per heavy atom. The molecule has 0 bridgehead atoms. The van der Waals surface area contributed by atoms with Crippen molar-refractivity contribution in [3.05, 3.63) is 66.0 Å². The first-order valence-corrected chi connectivity index (χ1v) is 10.0. The van der Waals surface area contributed by atoms with Gasteiger partial charge in [-0.2, -0.15) is 0 Å². The number of rotatable bonds is 7. The summed E-state index contributed by atoms with van der Waals surface area (Å²) >= 11 is 0. The lowest BCUT2D eigenvalue weighted by Crippen LogP contribution is -2.30. The highest BCUT2D eigenvalue weighted by molar-refractivity contribution is 5.72. The summed E-state index contributed by atoms with van der Waals surface area (Å²) in [6.07, 6.45) is 2.08. The van der Waals surface area contributed by atoms with Crippen molar-refractivity contribution >= 4 is 11.9 Å². The average molecular weight is 400 g/mol. The first-order valence-electron chi connectivity index (χ1n) is 10.0. The summed E-state index contributed by atoms with van der Waals surface area (Å²) in [5.41, 5.74) is 2.54. The quantitative estimate of drug-likeness (QED) is 0.475. The molecule has 5 nitrogen and oxygen atoms in total. The number of nitrogens with zero attached hydrogens (tertiary/aromatic N) is 1. The Morgan fingerprint density at radius 2 is 1.52 bits per heavy atom. The van der Waals surface area contributed by atoms with Crippen molar-refractivity contribution in [1.82, 2.24) is 4.98 Å². The number of carbonyl (C=O) groups is 2. The lowest BCUT2D eigenvalue weighted by atomic mass is 9.96. The lowest BCUT2D eigenvalue weighted by Gasteiger charge is -2.21. The standard InChI is InChI=1S/C14H15N.C10H18O4/c1-12(13-7-3-2-4-8-13)11-14-9-5-6-10-15-14;1-6(2)9(12)14-10(7(3)4)13-8(5)11/h2-10,12H,11H2,1H3;6-7,10H,1-5H3. The minimum absolute atomic E-state index is 0.0402. The molecule has 1 heterocycles. The van der Waals surface area contributed by atoms with Crippen molar-refractivity contribution in [2.45, 2.75) is 60.2 Å². The summed E-state index contributed by atoms with van der Waals surface area (Å²) in [5, 5.41) is 0. The minimum atomic E-state index is -0.776. The molecular weight excluding hydrogens is 366 g/mol. The van der Waals surface area contributed by atoms with E-state index in [1.54, 1.807) is 13.8 Å². The maximum absolute atomic E-state index is 11.2. The molecule has 0 saturated carbocycles. The molecule has 2 rings (SSSR count). The molecule has 0 saturated heterocycles. The van der Waals surface area contributed by atoms with Gasteiger partial charge >= 0.3 is 11.9 Å². The maximum atomic E-state index is 11.2. The Kier molecular flexibility index (Phi) is 10.7. The topological polar surface area (TPSA) is 65.5 Å². The minimum Gasteiger partial charge on any atom is -0.425 e. The van der Waals surface area contributed by atoms with Gasteiger partial charge in [0.05, 0.1) is 5.92 Å². The third kappa shape index (κ3) is 9.88. The number of aromatic nitrogens is 1. The highest BCUT2D eigenvalue weighted by Gasteiger charge is 2.22. The Balaban J connectivity index is 0.000000291. The molecule has 0 aliphatic rings. The van der Waals surface area contributed by atoms with E-state index in [9.17, 15) is 9.59 Å². The van der Waals surface area contributed by atoms with Gasteiger partial charge in [0.1, 0.15) is 0 Å². The molecule has 0 spiro atoms. The molecule has 0 aliphatic carbocycles. The largest absolute Gasteiger partial charge is 0.425 e. The normalized spacial score (nSPS) is 12.6. The van der Waals surface area contributed by atoms with Crippen molar-refractivity contribution in [3.8, 4) is 0 Å². The van der Waals surface area contributed by atoms with Gasteiger partial charge in [0.2, 0.25) is 6.29 Å². The van der Waals surface area contributed by atoms with Crippen molar-refractivity contribution < 1.29 is 19.1 Å². The van der Waals surface area contributed by atoms with Crippen LogP contribution in [0.4, 0.5) is 0 Å². The van der Waals surface area contributed by atoms with E-state index in [1.165, 1.54) is 12.5 Å². The Morgan fingerprint density at radius 1 is 0.897 bits per heavy atom. The number of ether oxygens (including phenoxy) is 2. The van der Waals surface area contributed by atoms with Gasteiger partial charge in [0.15, 0.2) is 0 Å². The van der Waals surface area contributed by atoms with Crippen LogP contribution >= 0.6 is 0 Å². The van der Waals surface area contributed by atoms with E-state index >= 15 is 0 Å². The first kappa shape index (κ1) is 24.3. The van der Waals surface area contributed by atoms with E-state index in [2.05, 4.69) is 48.3 Å². The zero-order chi connectivity index (χ0) is 21.8. The van der Waals surface area contributed by atoms with Gasteiger partial charge in [-0.15, -0.1) is 0 Å². The molecule has 0 aliphatic heterocycles. The fourth-order valence-electron chi connectivity index (χ4n) is 2.44. The molecule has 29 heavy (non-hydrogen) atoms. The van der Waals surface area contributed by atoms with E-state index in [1.807, 2.05) is 32.2 Å². The Labute approximate surface area is 174 Å². The molecule has 1 aromatic carbocycles. The number of carbonyl (C=O) groups excluding carboxylic acids is 2.